The van der Waals surface area contributed by atoms with Crippen LogP contribution in [0.4, 0.5) is 0 Å². The summed E-state index contributed by atoms with van der Waals surface area (Å²) in [6.07, 6.45) is 4.46. The lowest BCUT2D eigenvalue weighted by molar-refractivity contribution is -0.123. The Morgan fingerprint density at radius 2 is 1.85 bits per heavy atom. The van der Waals surface area contributed by atoms with Crippen LogP contribution in [-0.2, 0) is 4.79 Å². The van der Waals surface area contributed by atoms with Gasteiger partial charge < -0.3 is 14.8 Å². The van der Waals surface area contributed by atoms with Crippen molar-refractivity contribution in [2.45, 2.75) is 26.3 Å². The number of carbonyl (C=O) groups excluding carboxylic acids is 1. The third-order valence-corrected chi connectivity index (χ3v) is 4.26. The van der Waals surface area contributed by atoms with Crippen LogP contribution in [0.5, 0.6) is 11.5 Å². The summed E-state index contributed by atoms with van der Waals surface area (Å²) in [5.74, 6) is 1.75. The van der Waals surface area contributed by atoms with Crippen molar-refractivity contribution in [2.24, 2.45) is 5.92 Å². The fourth-order valence-electron chi connectivity index (χ4n) is 3.00. The molecule has 1 heterocycles. The third kappa shape index (κ3) is 5.63. The smallest absolute Gasteiger partial charge is 0.234 e. The van der Waals surface area contributed by atoms with E-state index in [2.05, 4.69) is 32.3 Å². The van der Waals surface area contributed by atoms with Crippen LogP contribution in [-0.4, -0.2) is 43.7 Å². The Bertz CT molecular complexity index is 618. The van der Waals surface area contributed by atoms with Crippen molar-refractivity contribution >= 4 is 5.91 Å². The van der Waals surface area contributed by atoms with Gasteiger partial charge in [-0.25, -0.2) is 0 Å². The first-order valence-electron chi connectivity index (χ1n) is 9.18. The summed E-state index contributed by atoms with van der Waals surface area (Å²) in [6, 6.07) is 5.83. The van der Waals surface area contributed by atoms with Crippen molar-refractivity contribution in [3.63, 3.8) is 0 Å². The molecule has 0 fully saturated rings. The van der Waals surface area contributed by atoms with Crippen LogP contribution in [0.15, 0.2) is 43.5 Å². The molecule has 1 N–H and O–H groups in total. The minimum Gasteiger partial charge on any atom is -0.490 e. The van der Waals surface area contributed by atoms with E-state index in [4.69, 9.17) is 9.47 Å². The molecule has 5 heteroatoms. The Hall–Kier alpha value is -2.27. The molecule has 2 rings (SSSR count). The normalized spacial score (nSPS) is 14.6. The standard InChI is InChI=1S/C21H30N2O3/c1-5-10-23(11-6-2)15-20(24)22-21(16(3)4)17-8-9-18-19(14-17)26-13-7-12-25-18/h5-6,8-9,14,16,21H,1-2,7,10-13,15H2,3-4H3,(H,22,24). The monoisotopic (exact) mass is 358 g/mol. The van der Waals surface area contributed by atoms with Crippen molar-refractivity contribution in [3.05, 3.63) is 49.1 Å². The predicted octanol–water partition coefficient (Wildman–Crippen LogP) is 3.34. The summed E-state index contributed by atoms with van der Waals surface area (Å²) in [5, 5.41) is 3.16. The summed E-state index contributed by atoms with van der Waals surface area (Å²) in [7, 11) is 0. The van der Waals surface area contributed by atoms with E-state index in [1.54, 1.807) is 12.2 Å². The van der Waals surface area contributed by atoms with Gasteiger partial charge in [0, 0.05) is 19.5 Å². The predicted molar refractivity (Wildman–Crippen MR) is 105 cm³/mol. The highest BCUT2D eigenvalue weighted by atomic mass is 16.5. The zero-order valence-corrected chi connectivity index (χ0v) is 15.9. The number of amides is 1. The van der Waals surface area contributed by atoms with Crippen LogP contribution >= 0.6 is 0 Å². The van der Waals surface area contributed by atoms with Crippen LogP contribution in [0, 0.1) is 5.92 Å². The van der Waals surface area contributed by atoms with E-state index >= 15 is 0 Å². The summed E-state index contributed by atoms with van der Waals surface area (Å²) < 4.78 is 11.5. The van der Waals surface area contributed by atoms with Crippen LogP contribution in [0.2, 0.25) is 0 Å². The first-order chi connectivity index (χ1) is 12.5. The van der Waals surface area contributed by atoms with Gasteiger partial charge in [-0.3, -0.25) is 9.69 Å². The van der Waals surface area contributed by atoms with Gasteiger partial charge in [-0.1, -0.05) is 32.1 Å². The van der Waals surface area contributed by atoms with Crippen LogP contribution in [0.1, 0.15) is 31.9 Å². The molecule has 1 aliphatic rings. The van der Waals surface area contributed by atoms with Crippen molar-refractivity contribution < 1.29 is 14.3 Å². The van der Waals surface area contributed by atoms with E-state index in [1.165, 1.54) is 0 Å². The number of fused-ring (bicyclic) bond motifs is 1. The Morgan fingerprint density at radius 3 is 2.46 bits per heavy atom. The number of nitrogens with one attached hydrogen (secondary N) is 1. The first-order valence-corrected chi connectivity index (χ1v) is 9.18. The van der Waals surface area contributed by atoms with Gasteiger partial charge in [0.05, 0.1) is 25.8 Å². The van der Waals surface area contributed by atoms with E-state index in [1.807, 2.05) is 23.1 Å². The van der Waals surface area contributed by atoms with Crippen LogP contribution < -0.4 is 14.8 Å². The van der Waals surface area contributed by atoms with Crippen molar-refractivity contribution in [1.29, 1.82) is 0 Å². The van der Waals surface area contributed by atoms with Gasteiger partial charge >= 0.3 is 0 Å². The molecule has 5 nitrogen and oxygen atoms in total. The molecule has 0 saturated carbocycles. The number of hydrogen-bond acceptors (Lipinski definition) is 4. The molecule has 0 spiro atoms. The molecule has 1 amide bonds. The Balaban J connectivity index is 2.10. The third-order valence-electron chi connectivity index (χ3n) is 4.26. The lowest BCUT2D eigenvalue weighted by Crippen LogP contribution is -2.40. The number of benzene rings is 1. The summed E-state index contributed by atoms with van der Waals surface area (Å²) in [6.45, 7) is 14.6. The van der Waals surface area contributed by atoms with Gasteiger partial charge in [-0.15, -0.1) is 13.2 Å². The topological polar surface area (TPSA) is 50.8 Å². The van der Waals surface area contributed by atoms with Gasteiger partial charge in [-0.05, 0) is 23.6 Å². The minimum atomic E-state index is -0.0889. The average molecular weight is 358 g/mol. The second-order valence-corrected chi connectivity index (χ2v) is 6.82. The Kier molecular flexibility index (Phi) is 7.73. The zero-order chi connectivity index (χ0) is 18.9. The molecule has 1 aromatic carbocycles. The van der Waals surface area contributed by atoms with E-state index in [0.717, 1.165) is 23.5 Å². The zero-order valence-electron chi connectivity index (χ0n) is 15.9. The van der Waals surface area contributed by atoms with Gasteiger partial charge in [0.1, 0.15) is 0 Å². The van der Waals surface area contributed by atoms with Crippen LogP contribution in [0.3, 0.4) is 0 Å². The highest BCUT2D eigenvalue weighted by Crippen LogP contribution is 2.34. The van der Waals surface area contributed by atoms with Gasteiger partial charge in [-0.2, -0.15) is 0 Å². The quantitative estimate of drug-likeness (QED) is 0.688. The molecule has 1 atom stereocenters. The molecule has 0 aromatic heterocycles. The molecule has 1 aromatic rings. The molecule has 26 heavy (non-hydrogen) atoms. The number of hydrogen-bond donors (Lipinski definition) is 1. The maximum atomic E-state index is 12.6. The van der Waals surface area contributed by atoms with Crippen LogP contribution in [0.25, 0.3) is 0 Å². The minimum absolute atomic E-state index is 0.0143. The van der Waals surface area contributed by atoms with Gasteiger partial charge in [0.25, 0.3) is 0 Å². The fraction of sp³-hybridized carbons (Fsp3) is 0.476. The second-order valence-electron chi connectivity index (χ2n) is 6.82. The highest BCUT2D eigenvalue weighted by molar-refractivity contribution is 5.78. The van der Waals surface area contributed by atoms with Crippen molar-refractivity contribution in [1.82, 2.24) is 10.2 Å². The Labute approximate surface area is 156 Å². The molecule has 1 unspecified atom stereocenters. The maximum absolute atomic E-state index is 12.6. The number of ether oxygens (including phenoxy) is 2. The molecule has 0 bridgehead atoms. The molecular formula is C21H30N2O3. The molecule has 0 radical (unpaired) electrons. The molecule has 142 valence electrons. The lowest BCUT2D eigenvalue weighted by atomic mass is 9.95. The van der Waals surface area contributed by atoms with Gasteiger partial charge in [0.2, 0.25) is 5.91 Å². The Morgan fingerprint density at radius 1 is 1.19 bits per heavy atom. The number of carbonyl (C=O) groups is 1. The average Bonchev–Trinajstić information content (AvgIpc) is 2.84. The SMILES string of the molecule is C=CCN(CC=C)CC(=O)NC(c1ccc2c(c1)OCCCO2)C(C)C. The summed E-state index contributed by atoms with van der Waals surface area (Å²) in [5.41, 5.74) is 1.02. The summed E-state index contributed by atoms with van der Waals surface area (Å²) >= 11 is 0. The lowest BCUT2D eigenvalue weighted by Gasteiger charge is -2.26. The molecule has 0 aliphatic carbocycles. The largest absolute Gasteiger partial charge is 0.490 e. The van der Waals surface area contributed by atoms with E-state index in [-0.39, 0.29) is 17.9 Å². The van der Waals surface area contributed by atoms with Gasteiger partial charge in [0.15, 0.2) is 11.5 Å². The van der Waals surface area contributed by atoms with E-state index < -0.39 is 0 Å². The summed E-state index contributed by atoms with van der Waals surface area (Å²) in [4.78, 5) is 14.5. The number of nitrogens with zero attached hydrogens (tertiary/aromatic N) is 1. The van der Waals surface area contributed by atoms with E-state index in [0.29, 0.717) is 32.8 Å². The molecule has 0 saturated heterocycles. The first kappa shape index (κ1) is 20.0. The van der Waals surface area contributed by atoms with Crippen molar-refractivity contribution in [3.8, 4) is 11.5 Å². The highest BCUT2D eigenvalue weighted by Gasteiger charge is 2.21. The fourth-order valence-corrected chi connectivity index (χ4v) is 3.00. The molecule has 1 aliphatic heterocycles. The van der Waals surface area contributed by atoms with E-state index in [9.17, 15) is 4.79 Å². The number of rotatable bonds is 9. The van der Waals surface area contributed by atoms with Crippen molar-refractivity contribution in [2.75, 3.05) is 32.8 Å². The maximum Gasteiger partial charge on any atom is 0.234 e. The molecular weight excluding hydrogens is 328 g/mol. The second kappa shape index (κ2) is 10.0.